The summed E-state index contributed by atoms with van der Waals surface area (Å²) in [7, 11) is 0. The molecule has 0 atom stereocenters. The molecule has 0 aliphatic carbocycles. The Balaban J connectivity index is 2.26. The molecule has 0 fully saturated rings. The molecule has 128 valence electrons. The maximum absolute atomic E-state index is 13.6. The van der Waals surface area contributed by atoms with Gasteiger partial charge in [-0.15, -0.1) is 0 Å². The third-order valence-electron chi connectivity index (χ3n) is 3.69. The highest BCUT2D eigenvalue weighted by atomic mass is 35.5. The van der Waals surface area contributed by atoms with E-state index in [1.165, 1.54) is 18.2 Å². The average Bonchev–Trinajstić information content (AvgIpc) is 2.55. The van der Waals surface area contributed by atoms with Crippen molar-refractivity contribution in [2.75, 3.05) is 6.61 Å². The minimum Gasteiger partial charge on any atom is -0.508 e. The van der Waals surface area contributed by atoms with Gasteiger partial charge in [-0.2, -0.15) is 0 Å². The number of carbonyl (C=O) groups is 1. The van der Waals surface area contributed by atoms with Crippen LogP contribution < -0.4 is 4.74 Å². The first-order valence-corrected chi connectivity index (χ1v) is 7.68. The van der Waals surface area contributed by atoms with Crippen LogP contribution in [0.2, 0.25) is 5.15 Å². The second-order valence-corrected chi connectivity index (χ2v) is 5.82. The van der Waals surface area contributed by atoms with Crippen molar-refractivity contribution in [3.8, 4) is 22.8 Å². The Morgan fingerprint density at radius 1 is 1.24 bits per heavy atom. The summed E-state index contributed by atoms with van der Waals surface area (Å²) in [5.41, 5.74) is 1.64. The zero-order chi connectivity index (χ0) is 18.1. The standard InChI is InChI=1S/C18H13ClFNO4/c1-9-6-10(2-5-14(9)20)16-12-4-3-11(22)7-13(12)18(21-17(16)19)25-8-15(23)24/h2-7,22H,8H2,1H3,(H,23,24). The van der Waals surface area contributed by atoms with Gasteiger partial charge in [-0.25, -0.2) is 14.2 Å². The molecule has 2 N–H and O–H groups in total. The maximum atomic E-state index is 13.6. The van der Waals surface area contributed by atoms with Crippen LogP contribution >= 0.6 is 11.6 Å². The lowest BCUT2D eigenvalue weighted by molar-refractivity contribution is -0.139. The molecule has 3 rings (SSSR count). The van der Waals surface area contributed by atoms with E-state index >= 15 is 0 Å². The van der Waals surface area contributed by atoms with Crippen LogP contribution in [0.5, 0.6) is 11.6 Å². The second kappa shape index (κ2) is 6.57. The van der Waals surface area contributed by atoms with Crippen LogP contribution in [-0.4, -0.2) is 27.8 Å². The van der Waals surface area contributed by atoms with Crippen LogP contribution in [0.3, 0.4) is 0 Å². The van der Waals surface area contributed by atoms with Gasteiger partial charge in [0.15, 0.2) is 6.61 Å². The van der Waals surface area contributed by atoms with E-state index in [0.717, 1.165) is 0 Å². The highest BCUT2D eigenvalue weighted by Crippen LogP contribution is 2.39. The number of rotatable bonds is 4. The summed E-state index contributed by atoms with van der Waals surface area (Å²) in [5.74, 6) is -1.53. The van der Waals surface area contributed by atoms with E-state index in [9.17, 15) is 14.3 Å². The smallest absolute Gasteiger partial charge is 0.341 e. The van der Waals surface area contributed by atoms with Gasteiger partial charge in [0.1, 0.15) is 16.7 Å². The number of phenolic OH excluding ortho intramolecular Hbond substituents is 1. The molecule has 0 aliphatic heterocycles. The Bertz CT molecular complexity index is 990. The Hall–Kier alpha value is -2.86. The summed E-state index contributed by atoms with van der Waals surface area (Å²) >= 11 is 6.30. The monoisotopic (exact) mass is 361 g/mol. The Morgan fingerprint density at radius 3 is 2.68 bits per heavy atom. The lowest BCUT2D eigenvalue weighted by Gasteiger charge is -2.14. The van der Waals surface area contributed by atoms with E-state index in [4.69, 9.17) is 21.4 Å². The number of aliphatic carboxylic acids is 1. The maximum Gasteiger partial charge on any atom is 0.341 e. The first-order chi connectivity index (χ1) is 11.9. The Kier molecular flexibility index (Phi) is 4.46. The van der Waals surface area contributed by atoms with Gasteiger partial charge in [0.2, 0.25) is 5.88 Å². The highest BCUT2D eigenvalue weighted by molar-refractivity contribution is 6.34. The van der Waals surface area contributed by atoms with Gasteiger partial charge < -0.3 is 14.9 Å². The second-order valence-electron chi connectivity index (χ2n) is 5.46. The quantitative estimate of drug-likeness (QED) is 0.682. The van der Waals surface area contributed by atoms with Crippen molar-refractivity contribution in [2.24, 2.45) is 0 Å². The van der Waals surface area contributed by atoms with Crippen molar-refractivity contribution in [1.82, 2.24) is 4.98 Å². The summed E-state index contributed by atoms with van der Waals surface area (Å²) in [6.45, 7) is 1.04. The molecule has 7 heteroatoms. The fourth-order valence-electron chi connectivity index (χ4n) is 2.56. The Morgan fingerprint density at radius 2 is 2.00 bits per heavy atom. The minimum atomic E-state index is -1.16. The summed E-state index contributed by atoms with van der Waals surface area (Å²) < 4.78 is 18.7. The SMILES string of the molecule is Cc1cc(-c2c(Cl)nc(OCC(=O)O)c3cc(O)ccc23)ccc1F. The zero-order valence-corrected chi connectivity index (χ0v) is 13.8. The van der Waals surface area contributed by atoms with Gasteiger partial charge in [0.25, 0.3) is 0 Å². The summed E-state index contributed by atoms with van der Waals surface area (Å²) in [4.78, 5) is 14.9. The molecule has 0 saturated heterocycles. The van der Waals surface area contributed by atoms with Crippen molar-refractivity contribution in [1.29, 1.82) is 0 Å². The predicted octanol–water partition coefficient (Wildman–Crippen LogP) is 4.17. The topological polar surface area (TPSA) is 79.7 Å². The lowest BCUT2D eigenvalue weighted by atomic mass is 9.99. The molecule has 1 aromatic heterocycles. The normalized spacial score (nSPS) is 10.8. The summed E-state index contributed by atoms with van der Waals surface area (Å²) in [6.07, 6.45) is 0. The van der Waals surface area contributed by atoms with E-state index in [1.807, 2.05) is 0 Å². The van der Waals surface area contributed by atoms with Crippen LogP contribution in [0.15, 0.2) is 36.4 Å². The van der Waals surface area contributed by atoms with Crippen molar-refractivity contribution in [2.45, 2.75) is 6.92 Å². The van der Waals surface area contributed by atoms with Crippen molar-refractivity contribution in [3.63, 3.8) is 0 Å². The molecule has 25 heavy (non-hydrogen) atoms. The molecule has 0 bridgehead atoms. The molecular weight excluding hydrogens is 349 g/mol. The van der Waals surface area contributed by atoms with Crippen LogP contribution in [0.4, 0.5) is 4.39 Å². The van der Waals surface area contributed by atoms with E-state index in [0.29, 0.717) is 27.5 Å². The number of hydrogen-bond acceptors (Lipinski definition) is 4. The Labute approximate surface area is 147 Å². The number of aromatic hydroxyl groups is 1. The molecule has 1 heterocycles. The van der Waals surface area contributed by atoms with Crippen molar-refractivity contribution in [3.05, 3.63) is 52.9 Å². The average molecular weight is 362 g/mol. The minimum absolute atomic E-state index is 0.000818. The highest BCUT2D eigenvalue weighted by Gasteiger charge is 2.17. The number of pyridine rings is 1. The number of fused-ring (bicyclic) bond motifs is 1. The molecule has 2 aromatic carbocycles. The molecule has 0 unspecified atom stereocenters. The number of carboxylic acids is 1. The molecule has 0 radical (unpaired) electrons. The number of halogens is 2. The van der Waals surface area contributed by atoms with Crippen LogP contribution in [0, 0.1) is 12.7 Å². The number of phenols is 1. The van der Waals surface area contributed by atoms with E-state index in [1.54, 1.807) is 25.1 Å². The number of benzene rings is 2. The van der Waals surface area contributed by atoms with Gasteiger partial charge in [-0.3, -0.25) is 0 Å². The molecule has 3 aromatic rings. The van der Waals surface area contributed by atoms with Crippen molar-refractivity contribution >= 4 is 28.3 Å². The largest absolute Gasteiger partial charge is 0.508 e. The summed E-state index contributed by atoms with van der Waals surface area (Å²) in [6, 6.07) is 9.06. The molecule has 0 aliphatic rings. The van der Waals surface area contributed by atoms with Gasteiger partial charge in [0, 0.05) is 10.9 Å². The fourth-order valence-corrected chi connectivity index (χ4v) is 2.85. The molecule has 0 amide bonds. The molecule has 5 nitrogen and oxygen atoms in total. The lowest BCUT2D eigenvalue weighted by Crippen LogP contribution is -2.10. The third-order valence-corrected chi connectivity index (χ3v) is 3.96. The van der Waals surface area contributed by atoms with Crippen LogP contribution in [-0.2, 0) is 4.79 Å². The number of aryl methyl sites for hydroxylation is 1. The number of ether oxygens (including phenoxy) is 1. The first kappa shape index (κ1) is 17.0. The van der Waals surface area contributed by atoms with Gasteiger partial charge in [0.05, 0.1) is 0 Å². The number of nitrogens with zero attached hydrogens (tertiary/aromatic N) is 1. The zero-order valence-electron chi connectivity index (χ0n) is 13.1. The number of carboxylic acid groups (broad SMARTS) is 1. The predicted molar refractivity (Wildman–Crippen MR) is 91.7 cm³/mol. The third kappa shape index (κ3) is 3.34. The van der Waals surface area contributed by atoms with Gasteiger partial charge in [-0.05, 0) is 53.8 Å². The van der Waals surface area contributed by atoms with Crippen LogP contribution in [0.1, 0.15) is 5.56 Å². The molecule has 0 spiro atoms. The van der Waals surface area contributed by atoms with E-state index in [-0.39, 0.29) is 22.6 Å². The van der Waals surface area contributed by atoms with Gasteiger partial charge in [-0.1, -0.05) is 17.7 Å². The first-order valence-electron chi connectivity index (χ1n) is 7.30. The van der Waals surface area contributed by atoms with E-state index < -0.39 is 12.6 Å². The van der Waals surface area contributed by atoms with Crippen molar-refractivity contribution < 1.29 is 24.1 Å². The summed E-state index contributed by atoms with van der Waals surface area (Å²) in [5, 5.41) is 19.6. The van der Waals surface area contributed by atoms with Gasteiger partial charge >= 0.3 is 5.97 Å². The fraction of sp³-hybridized carbons (Fsp3) is 0.111. The van der Waals surface area contributed by atoms with E-state index in [2.05, 4.69) is 4.98 Å². The molecular formula is C18H13ClFNO4. The number of aromatic nitrogens is 1. The van der Waals surface area contributed by atoms with Crippen LogP contribution in [0.25, 0.3) is 21.9 Å². The number of hydrogen-bond donors (Lipinski definition) is 2. The molecule has 0 saturated carbocycles.